The molecule has 2 rings (SSSR count). The van der Waals surface area contributed by atoms with E-state index in [4.69, 9.17) is 0 Å². The summed E-state index contributed by atoms with van der Waals surface area (Å²) in [4.78, 5) is 19.3. The van der Waals surface area contributed by atoms with Gasteiger partial charge in [-0.1, -0.05) is 0 Å². The summed E-state index contributed by atoms with van der Waals surface area (Å²) in [5, 5.41) is 0. The summed E-state index contributed by atoms with van der Waals surface area (Å²) in [7, 11) is 0. The van der Waals surface area contributed by atoms with Crippen LogP contribution in [0.1, 0.15) is 90.9 Å². The fourth-order valence-electron chi connectivity index (χ4n) is 4.26. The van der Waals surface area contributed by atoms with Crippen LogP contribution in [0.4, 0.5) is 0 Å². The van der Waals surface area contributed by atoms with Crippen molar-refractivity contribution in [3.8, 4) is 0 Å². The summed E-state index contributed by atoms with van der Waals surface area (Å²) in [6.07, 6.45) is 16.9. The minimum absolute atomic E-state index is 1.32. The molecule has 0 aromatic carbocycles. The molecule has 0 unspecified atom stereocenters. The van der Waals surface area contributed by atoms with E-state index in [9.17, 15) is 0 Å². The van der Waals surface area contributed by atoms with Gasteiger partial charge in [0.15, 0.2) is 0 Å². The summed E-state index contributed by atoms with van der Waals surface area (Å²) in [5.74, 6) is 2.64. The molecule has 2 aromatic heterocycles. The molecular weight excluding hydrogens is 702 g/mol. The Balaban J connectivity index is 2.19. The first-order valence-electron chi connectivity index (χ1n) is 14.0. The van der Waals surface area contributed by atoms with Crippen molar-refractivity contribution in [2.45, 2.75) is 130 Å². The monoisotopic (exact) mass is 756 g/mol. The fraction of sp³-hybridized carbons (Fsp3) is 0.786. The van der Waals surface area contributed by atoms with Gasteiger partial charge in [0.2, 0.25) is 0 Å². The number of unbranched alkanes of at least 4 members (excludes halogenated alkanes) is 10. The van der Waals surface area contributed by atoms with Gasteiger partial charge in [-0.15, -0.1) is 0 Å². The molecule has 0 fully saturated rings. The van der Waals surface area contributed by atoms with E-state index in [1.165, 1.54) is 88.6 Å². The molecule has 0 aliphatic carbocycles. The van der Waals surface area contributed by atoms with E-state index in [2.05, 4.69) is 89.7 Å². The van der Waals surface area contributed by atoms with Gasteiger partial charge in [0.1, 0.15) is 0 Å². The molecule has 0 nitrogen and oxygen atoms in total. The zero-order chi connectivity index (χ0) is 25.2. The van der Waals surface area contributed by atoms with Crippen LogP contribution in [0.3, 0.4) is 0 Å². The summed E-state index contributed by atoms with van der Waals surface area (Å²) in [5.41, 5.74) is 0. The maximum atomic E-state index is 2.63. The Bertz CT molecular complexity index is 769. The zero-order valence-corrected chi connectivity index (χ0v) is 32.5. The van der Waals surface area contributed by atoms with Crippen molar-refractivity contribution in [2.75, 3.05) is 11.5 Å². The van der Waals surface area contributed by atoms with E-state index in [0.29, 0.717) is 0 Å². The molecule has 0 saturated heterocycles. The topological polar surface area (TPSA) is 0 Å². The molecule has 6 heteroatoms. The third-order valence-corrected chi connectivity index (χ3v) is 31.6. The molecule has 0 amide bonds. The van der Waals surface area contributed by atoms with Crippen LogP contribution in [0.25, 0.3) is 9.40 Å². The minimum atomic E-state index is -2.15. The Labute approximate surface area is 237 Å². The number of rotatable bonds is 18. The van der Waals surface area contributed by atoms with Crippen LogP contribution in [0.15, 0.2) is 9.79 Å². The van der Waals surface area contributed by atoms with Gasteiger partial charge < -0.3 is 0 Å². The van der Waals surface area contributed by atoms with Crippen molar-refractivity contribution in [3.63, 3.8) is 0 Å². The Morgan fingerprint density at radius 2 is 0.824 bits per heavy atom. The fourth-order valence-corrected chi connectivity index (χ4v) is 27.4. The van der Waals surface area contributed by atoms with Crippen molar-refractivity contribution >= 4 is 98.1 Å². The molecule has 0 aliphatic heterocycles. The van der Waals surface area contributed by atoms with Crippen molar-refractivity contribution in [2.24, 2.45) is 0 Å². The Morgan fingerprint density at radius 3 is 1.15 bits per heavy atom. The molecule has 2 aromatic rings. The molecular formula is C28H52S4Sn2. The normalized spacial score (nSPS) is 12.8. The molecule has 34 heavy (non-hydrogen) atoms. The third kappa shape index (κ3) is 10.3. The van der Waals surface area contributed by atoms with Crippen LogP contribution in [-0.2, 0) is 0 Å². The van der Waals surface area contributed by atoms with Crippen LogP contribution >= 0.6 is 46.2 Å². The van der Waals surface area contributed by atoms with E-state index in [1.54, 1.807) is 19.2 Å². The van der Waals surface area contributed by atoms with E-state index < -0.39 is 36.8 Å². The molecule has 0 spiro atoms. The van der Waals surface area contributed by atoms with E-state index >= 15 is 0 Å². The SMILES string of the molecule is CCCCCCCCSc1[c]([Sn]([CH3])([CH3])[CH3])sc2c(SCCCCCCCC)[c]([Sn]([CH3])([CH3])[CH3])sc12. The van der Waals surface area contributed by atoms with Crippen LogP contribution in [0, 0.1) is 0 Å². The van der Waals surface area contributed by atoms with Gasteiger partial charge in [-0.25, -0.2) is 0 Å². The second-order valence-electron chi connectivity index (χ2n) is 11.9. The summed E-state index contributed by atoms with van der Waals surface area (Å²) in [6, 6.07) is 0. The maximum absolute atomic E-state index is 2.63. The number of hydrogen-bond acceptors (Lipinski definition) is 4. The first kappa shape index (κ1) is 32.2. The van der Waals surface area contributed by atoms with Crippen LogP contribution in [0.2, 0.25) is 29.6 Å². The molecule has 0 atom stereocenters. The first-order chi connectivity index (χ1) is 16.1. The molecule has 0 radical (unpaired) electrons. The van der Waals surface area contributed by atoms with E-state index in [-0.39, 0.29) is 0 Å². The van der Waals surface area contributed by atoms with Crippen molar-refractivity contribution in [1.82, 2.24) is 0 Å². The van der Waals surface area contributed by atoms with Gasteiger partial charge in [0, 0.05) is 0 Å². The van der Waals surface area contributed by atoms with E-state index in [0.717, 1.165) is 0 Å². The van der Waals surface area contributed by atoms with Gasteiger partial charge in [-0.3, -0.25) is 0 Å². The van der Waals surface area contributed by atoms with Gasteiger partial charge in [-0.05, 0) is 0 Å². The molecule has 0 N–H and O–H groups in total. The molecule has 196 valence electrons. The predicted octanol–water partition coefficient (Wildman–Crippen LogP) is 11.0. The van der Waals surface area contributed by atoms with Gasteiger partial charge in [0.25, 0.3) is 0 Å². The molecule has 0 bridgehead atoms. The number of fused-ring (bicyclic) bond motifs is 1. The standard InChI is InChI=1S/C22H34S4.6CH3.2Sn/c1-3-5-7-9-11-13-15-23-19-17-25-22-20(18-26-21(19)22)24-16-14-12-10-8-6-4-2;;;;;;;;/h3-16H2,1-2H3;6*1H3;;. The van der Waals surface area contributed by atoms with Crippen molar-refractivity contribution < 1.29 is 0 Å². The van der Waals surface area contributed by atoms with Gasteiger partial charge in [-0.2, -0.15) is 0 Å². The Morgan fingerprint density at radius 1 is 0.500 bits per heavy atom. The second-order valence-corrected chi connectivity index (χ2v) is 46.8. The summed E-state index contributed by atoms with van der Waals surface area (Å²) in [6.45, 7) is 4.63. The average molecular weight is 754 g/mol. The van der Waals surface area contributed by atoms with Crippen LogP contribution < -0.4 is 5.79 Å². The zero-order valence-electron chi connectivity index (χ0n) is 23.5. The molecule has 0 saturated carbocycles. The third-order valence-electron chi connectivity index (χ3n) is 6.29. The number of thiophene rings is 2. The van der Waals surface area contributed by atoms with Crippen molar-refractivity contribution in [1.29, 1.82) is 0 Å². The second kappa shape index (κ2) is 16.2. The van der Waals surface area contributed by atoms with Crippen molar-refractivity contribution in [3.05, 3.63) is 0 Å². The van der Waals surface area contributed by atoms with Gasteiger partial charge in [0.05, 0.1) is 0 Å². The first-order valence-corrected chi connectivity index (χ1v) is 37.5. The Kier molecular flexibility index (Phi) is 15.3. The summed E-state index contributed by atoms with van der Waals surface area (Å²) < 4.78 is 7.11. The molecule has 2 heterocycles. The summed E-state index contributed by atoms with van der Waals surface area (Å²) >= 11 is 4.65. The molecule has 0 aliphatic rings. The van der Waals surface area contributed by atoms with E-state index in [1.807, 2.05) is 5.79 Å². The van der Waals surface area contributed by atoms with Crippen LogP contribution in [0.5, 0.6) is 0 Å². The quantitative estimate of drug-likeness (QED) is 0.0845. The number of thioether (sulfide) groups is 2. The Hall–Kier alpha value is 1.96. The van der Waals surface area contributed by atoms with Gasteiger partial charge >= 0.3 is 240 Å². The predicted molar refractivity (Wildman–Crippen MR) is 174 cm³/mol. The average Bonchev–Trinajstić information content (AvgIpc) is 3.29. The number of hydrogen-bond donors (Lipinski definition) is 0. The van der Waals surface area contributed by atoms with Crippen LogP contribution in [-0.4, -0.2) is 48.3 Å².